The van der Waals surface area contributed by atoms with E-state index in [2.05, 4.69) is 20.1 Å². The fraction of sp³-hybridized carbons (Fsp3) is 1.00. The summed E-state index contributed by atoms with van der Waals surface area (Å²) in [5.74, 6) is 0.769. The van der Waals surface area contributed by atoms with Crippen molar-refractivity contribution in [3.05, 3.63) is 0 Å². The monoisotopic (exact) mass is 205 g/mol. The molecule has 1 N–H and O–H groups in total. The Morgan fingerprint density at radius 3 is 3.10 bits per heavy atom. The maximum absolute atomic E-state index is 9.04. The highest BCUT2D eigenvalue weighted by Crippen LogP contribution is 2.57. The number of hydrogen-bond donors (Lipinski definition) is 1. The zero-order valence-corrected chi connectivity index (χ0v) is 7.47. The predicted molar refractivity (Wildman–Crippen MR) is 42.7 cm³/mol. The second-order valence-electron chi connectivity index (χ2n) is 3.54. The Hall–Kier alpha value is 0.400. The zero-order valence-electron chi connectivity index (χ0n) is 5.89. The lowest BCUT2D eigenvalue weighted by molar-refractivity contribution is 0.159. The molecule has 3 heteroatoms. The van der Waals surface area contributed by atoms with Gasteiger partial charge in [-0.2, -0.15) is 0 Å². The van der Waals surface area contributed by atoms with E-state index in [0.717, 1.165) is 19.0 Å². The lowest BCUT2D eigenvalue weighted by atomic mass is 9.98. The van der Waals surface area contributed by atoms with Crippen LogP contribution in [-0.2, 0) is 0 Å². The van der Waals surface area contributed by atoms with Gasteiger partial charge in [0.25, 0.3) is 0 Å². The normalized spacial score (nSPS) is 46.8. The zero-order chi connectivity index (χ0) is 7.19. The van der Waals surface area contributed by atoms with Gasteiger partial charge in [-0.25, -0.2) is 3.93 Å². The lowest BCUT2D eigenvalue weighted by Gasteiger charge is -2.25. The molecule has 1 saturated carbocycles. The molecule has 58 valence electrons. The van der Waals surface area contributed by atoms with E-state index in [0.29, 0.717) is 12.0 Å². The van der Waals surface area contributed by atoms with Crippen LogP contribution in [0.3, 0.4) is 0 Å². The fourth-order valence-corrected chi connectivity index (χ4v) is 2.47. The van der Waals surface area contributed by atoms with Gasteiger partial charge in [-0.05, 0) is 24.2 Å². The summed E-state index contributed by atoms with van der Waals surface area (Å²) in [6.45, 7) is 2.62. The molecule has 1 saturated heterocycles. The van der Waals surface area contributed by atoms with E-state index in [9.17, 15) is 0 Å². The number of piperidine rings is 1. The Balaban J connectivity index is 1.98. The Kier molecular flexibility index (Phi) is 1.55. The summed E-state index contributed by atoms with van der Waals surface area (Å²) in [5, 5.41) is 9.04. The van der Waals surface area contributed by atoms with Crippen LogP contribution < -0.4 is 0 Å². The first-order valence-corrected chi connectivity index (χ1v) is 4.49. The Morgan fingerprint density at radius 1 is 1.70 bits per heavy atom. The Bertz CT molecular complexity index is 153. The van der Waals surface area contributed by atoms with Crippen LogP contribution in [0.4, 0.5) is 0 Å². The molecule has 2 atom stereocenters. The van der Waals surface area contributed by atoms with Crippen molar-refractivity contribution < 1.29 is 5.11 Å². The van der Waals surface area contributed by atoms with Gasteiger partial charge in [0.1, 0.15) is 0 Å². The number of nitrogens with zero attached hydrogens (tertiary/aromatic N) is 1. The number of rotatable bonds is 1. The van der Waals surface area contributed by atoms with Gasteiger partial charge in [-0.15, -0.1) is 0 Å². The molecule has 2 aliphatic rings. The summed E-state index contributed by atoms with van der Waals surface area (Å²) in [5.41, 5.74) is 0.351. The third-order valence-corrected chi connectivity index (χ3v) is 3.59. The van der Waals surface area contributed by atoms with Crippen LogP contribution in [0, 0.1) is 11.3 Å². The van der Waals surface area contributed by atoms with Crippen LogP contribution in [0.1, 0.15) is 12.8 Å². The quantitative estimate of drug-likeness (QED) is 0.647. The molecule has 2 unspecified atom stereocenters. The van der Waals surface area contributed by atoms with Crippen LogP contribution in [0.15, 0.2) is 0 Å². The van der Waals surface area contributed by atoms with Crippen molar-refractivity contribution in [2.24, 2.45) is 11.3 Å². The summed E-state index contributed by atoms with van der Waals surface area (Å²) in [7, 11) is 0. The maximum atomic E-state index is 9.04. The largest absolute Gasteiger partial charge is 0.396 e. The van der Waals surface area contributed by atoms with Gasteiger partial charge in [-0.1, -0.05) is 0 Å². The van der Waals surface area contributed by atoms with Gasteiger partial charge in [-0.3, -0.25) is 0 Å². The van der Waals surface area contributed by atoms with E-state index in [1.807, 2.05) is 0 Å². The number of aliphatic hydroxyl groups excluding tert-OH is 1. The van der Waals surface area contributed by atoms with Crippen molar-refractivity contribution in [1.29, 1.82) is 0 Å². The van der Waals surface area contributed by atoms with E-state index in [1.165, 1.54) is 12.8 Å². The van der Waals surface area contributed by atoms with Crippen molar-refractivity contribution in [2.75, 3.05) is 19.7 Å². The molecule has 1 aliphatic heterocycles. The minimum Gasteiger partial charge on any atom is -0.396 e. The lowest BCUT2D eigenvalue weighted by Crippen LogP contribution is -2.29. The minimum atomic E-state index is 0.351. The average molecular weight is 206 g/mol. The third-order valence-electron chi connectivity index (χ3n) is 2.94. The molecular weight excluding hydrogens is 194 g/mol. The number of hydrogen-bond acceptors (Lipinski definition) is 2. The van der Waals surface area contributed by atoms with E-state index >= 15 is 0 Å². The first kappa shape index (κ1) is 7.07. The summed E-state index contributed by atoms with van der Waals surface area (Å²) in [6.07, 6.45) is 2.41. The number of fused-ring (bicyclic) bond motifs is 1. The first-order valence-electron chi connectivity index (χ1n) is 3.78. The standard InChI is InChI=1S/C7H12BrNO/c8-9-2-1-7(5-10)3-6(7)4-9/h6,10H,1-5H2. The molecule has 1 aliphatic carbocycles. The Morgan fingerprint density at radius 2 is 2.50 bits per heavy atom. The van der Waals surface area contributed by atoms with Gasteiger partial charge in [0.15, 0.2) is 0 Å². The van der Waals surface area contributed by atoms with Crippen LogP contribution in [0.5, 0.6) is 0 Å². The van der Waals surface area contributed by atoms with Crippen LogP contribution in [-0.4, -0.2) is 28.7 Å². The molecule has 0 radical (unpaired) electrons. The molecule has 0 aromatic rings. The van der Waals surface area contributed by atoms with Crippen LogP contribution in [0.2, 0.25) is 0 Å². The third kappa shape index (κ3) is 0.917. The molecule has 0 spiro atoms. The second kappa shape index (κ2) is 2.19. The molecular formula is C7H12BrNO. The summed E-state index contributed by atoms with van der Waals surface area (Å²) < 4.78 is 2.18. The number of aliphatic hydroxyl groups is 1. The predicted octanol–water partition coefficient (Wildman–Crippen LogP) is 1.00. The molecule has 2 nitrogen and oxygen atoms in total. The second-order valence-corrected chi connectivity index (χ2v) is 4.54. The van der Waals surface area contributed by atoms with Crippen LogP contribution in [0.25, 0.3) is 0 Å². The molecule has 1 heterocycles. The molecule has 0 aromatic carbocycles. The highest BCUT2D eigenvalue weighted by molar-refractivity contribution is 9.07. The molecule has 2 rings (SSSR count). The molecule has 10 heavy (non-hydrogen) atoms. The van der Waals surface area contributed by atoms with Gasteiger partial charge in [0.05, 0.1) is 0 Å². The summed E-state index contributed by atoms with van der Waals surface area (Å²) in [6, 6.07) is 0. The van der Waals surface area contributed by atoms with Crippen molar-refractivity contribution in [1.82, 2.24) is 3.93 Å². The van der Waals surface area contributed by atoms with E-state index in [4.69, 9.17) is 5.11 Å². The maximum Gasteiger partial charge on any atom is 0.0491 e. The average Bonchev–Trinajstić information content (AvgIpc) is 2.62. The van der Waals surface area contributed by atoms with Gasteiger partial charge in [0.2, 0.25) is 0 Å². The van der Waals surface area contributed by atoms with Crippen molar-refractivity contribution in [3.8, 4) is 0 Å². The summed E-state index contributed by atoms with van der Waals surface area (Å²) >= 11 is 3.46. The van der Waals surface area contributed by atoms with E-state index in [-0.39, 0.29) is 0 Å². The topological polar surface area (TPSA) is 23.5 Å². The number of halogens is 1. The van der Waals surface area contributed by atoms with Gasteiger partial charge >= 0.3 is 0 Å². The minimum absolute atomic E-state index is 0.351. The van der Waals surface area contributed by atoms with Crippen molar-refractivity contribution in [3.63, 3.8) is 0 Å². The van der Waals surface area contributed by atoms with Crippen molar-refractivity contribution >= 4 is 16.1 Å². The van der Waals surface area contributed by atoms with E-state index in [1.54, 1.807) is 0 Å². The van der Waals surface area contributed by atoms with Gasteiger partial charge in [0, 0.05) is 35.8 Å². The smallest absolute Gasteiger partial charge is 0.0491 e. The SMILES string of the molecule is OCC12CCN(Br)CC1C2. The summed E-state index contributed by atoms with van der Waals surface area (Å²) in [4.78, 5) is 0. The Labute approximate surface area is 69.5 Å². The molecule has 0 amide bonds. The van der Waals surface area contributed by atoms with E-state index < -0.39 is 0 Å². The highest BCUT2D eigenvalue weighted by atomic mass is 79.9. The molecule has 0 bridgehead atoms. The molecule has 2 fully saturated rings. The van der Waals surface area contributed by atoms with Gasteiger partial charge < -0.3 is 5.11 Å². The van der Waals surface area contributed by atoms with Crippen LogP contribution >= 0.6 is 16.1 Å². The van der Waals surface area contributed by atoms with Crippen molar-refractivity contribution in [2.45, 2.75) is 12.8 Å². The first-order chi connectivity index (χ1) is 4.77. The molecule has 0 aromatic heterocycles. The fourth-order valence-electron chi connectivity index (χ4n) is 1.94. The highest BCUT2D eigenvalue weighted by Gasteiger charge is 2.55.